The Kier molecular flexibility index (Phi) is 7.38. The number of esters is 1. The fourth-order valence-corrected chi connectivity index (χ4v) is 4.34. The number of ether oxygens (including phenoxy) is 1. The summed E-state index contributed by atoms with van der Waals surface area (Å²) in [6.07, 6.45) is 1.88. The Hall–Kier alpha value is -2.53. The van der Waals surface area contributed by atoms with E-state index in [0.29, 0.717) is 41.0 Å². The van der Waals surface area contributed by atoms with E-state index in [1.165, 1.54) is 13.5 Å². The number of hydrogen-bond donors (Lipinski definition) is 1. The Bertz CT molecular complexity index is 888. The van der Waals surface area contributed by atoms with Crippen LogP contribution >= 0.6 is 11.6 Å². The third kappa shape index (κ3) is 5.54. The van der Waals surface area contributed by atoms with Crippen molar-refractivity contribution in [1.29, 1.82) is 0 Å². The average Bonchev–Trinajstić information content (AvgIpc) is 2.72. The van der Waals surface area contributed by atoms with Gasteiger partial charge in [0.15, 0.2) is 0 Å². The topological polar surface area (TPSA) is 58.6 Å². The number of piperidine rings is 1. The van der Waals surface area contributed by atoms with Gasteiger partial charge < -0.3 is 15.0 Å². The van der Waals surface area contributed by atoms with E-state index >= 15 is 0 Å². The van der Waals surface area contributed by atoms with Gasteiger partial charge in [-0.25, -0.2) is 4.79 Å². The van der Waals surface area contributed by atoms with E-state index in [4.69, 9.17) is 16.3 Å². The second-order valence-corrected chi connectivity index (χ2v) is 8.64. The fraction of sp³-hybridized carbons (Fsp3) is 0.417. The lowest BCUT2D eigenvalue weighted by molar-refractivity contribution is 0.0600. The Morgan fingerprint density at radius 3 is 2.40 bits per heavy atom. The SMILES string of the molecule is COC(=O)c1ccc(CCNC(=O)c2cc(Cl)ccc2N2CC(C)CC(C)C2)cc1. The molecule has 5 nitrogen and oxygen atoms in total. The van der Waals surface area contributed by atoms with E-state index in [2.05, 4.69) is 24.1 Å². The molecular formula is C24H29ClN2O3. The molecule has 0 aliphatic carbocycles. The van der Waals surface area contributed by atoms with E-state index in [-0.39, 0.29) is 11.9 Å². The highest BCUT2D eigenvalue weighted by atomic mass is 35.5. The van der Waals surface area contributed by atoms with Crippen molar-refractivity contribution in [2.24, 2.45) is 11.8 Å². The summed E-state index contributed by atoms with van der Waals surface area (Å²) >= 11 is 6.20. The number of rotatable bonds is 6. The van der Waals surface area contributed by atoms with Crippen LogP contribution in [0.15, 0.2) is 42.5 Å². The van der Waals surface area contributed by atoms with Gasteiger partial charge >= 0.3 is 5.97 Å². The number of carbonyl (C=O) groups excluding carboxylic acids is 2. The number of hydrogen-bond acceptors (Lipinski definition) is 4. The summed E-state index contributed by atoms with van der Waals surface area (Å²) in [4.78, 5) is 26.8. The molecule has 2 atom stereocenters. The van der Waals surface area contributed by atoms with E-state index in [0.717, 1.165) is 24.3 Å². The highest BCUT2D eigenvalue weighted by molar-refractivity contribution is 6.31. The monoisotopic (exact) mass is 428 g/mol. The number of benzene rings is 2. The van der Waals surface area contributed by atoms with Crippen LogP contribution in [0.4, 0.5) is 5.69 Å². The third-order valence-corrected chi connectivity index (χ3v) is 5.72. The van der Waals surface area contributed by atoms with Crippen LogP contribution in [-0.2, 0) is 11.2 Å². The van der Waals surface area contributed by atoms with E-state index < -0.39 is 0 Å². The molecule has 6 heteroatoms. The van der Waals surface area contributed by atoms with E-state index in [1.54, 1.807) is 18.2 Å². The summed E-state index contributed by atoms with van der Waals surface area (Å²) in [6.45, 7) is 6.89. The molecule has 1 heterocycles. The fourth-order valence-electron chi connectivity index (χ4n) is 4.17. The predicted octanol–water partition coefficient (Wildman–Crippen LogP) is 4.58. The van der Waals surface area contributed by atoms with Crippen molar-refractivity contribution in [2.45, 2.75) is 26.7 Å². The molecule has 1 amide bonds. The Labute approximate surface area is 183 Å². The molecule has 0 saturated carbocycles. The highest BCUT2D eigenvalue weighted by Gasteiger charge is 2.25. The summed E-state index contributed by atoms with van der Waals surface area (Å²) in [6, 6.07) is 12.8. The second kappa shape index (κ2) is 9.98. The summed E-state index contributed by atoms with van der Waals surface area (Å²) in [5.74, 6) is 0.704. The number of methoxy groups -OCH3 is 1. The van der Waals surface area contributed by atoms with Crippen LogP contribution in [0, 0.1) is 11.8 Å². The zero-order chi connectivity index (χ0) is 21.7. The molecular weight excluding hydrogens is 400 g/mol. The summed E-state index contributed by atoms with van der Waals surface area (Å²) in [7, 11) is 1.36. The van der Waals surface area contributed by atoms with Crippen LogP contribution in [0.1, 0.15) is 46.5 Å². The second-order valence-electron chi connectivity index (χ2n) is 8.21. The largest absolute Gasteiger partial charge is 0.465 e. The van der Waals surface area contributed by atoms with Crippen molar-refractivity contribution in [2.75, 3.05) is 31.6 Å². The maximum atomic E-state index is 12.9. The number of carbonyl (C=O) groups is 2. The van der Waals surface area contributed by atoms with Gasteiger partial charge in [-0.2, -0.15) is 0 Å². The van der Waals surface area contributed by atoms with E-state index in [9.17, 15) is 9.59 Å². The van der Waals surface area contributed by atoms with Crippen molar-refractivity contribution in [3.05, 3.63) is 64.2 Å². The quantitative estimate of drug-likeness (QED) is 0.684. The molecule has 1 saturated heterocycles. The summed E-state index contributed by atoms with van der Waals surface area (Å²) in [5, 5.41) is 3.57. The van der Waals surface area contributed by atoms with Gasteiger partial charge in [-0.3, -0.25) is 4.79 Å². The molecule has 30 heavy (non-hydrogen) atoms. The van der Waals surface area contributed by atoms with Gasteiger partial charge in [0.05, 0.1) is 18.2 Å². The first-order valence-corrected chi connectivity index (χ1v) is 10.7. The molecule has 2 aromatic rings. The first-order chi connectivity index (χ1) is 14.4. The van der Waals surface area contributed by atoms with Crippen LogP contribution in [0.25, 0.3) is 0 Å². The highest BCUT2D eigenvalue weighted by Crippen LogP contribution is 2.30. The van der Waals surface area contributed by atoms with Gasteiger partial charge in [0.1, 0.15) is 0 Å². The van der Waals surface area contributed by atoms with Crippen molar-refractivity contribution >= 4 is 29.2 Å². The number of nitrogens with one attached hydrogen (secondary N) is 1. The summed E-state index contributed by atoms with van der Waals surface area (Å²) in [5.41, 5.74) is 3.11. The molecule has 0 aromatic heterocycles. The smallest absolute Gasteiger partial charge is 0.337 e. The van der Waals surface area contributed by atoms with Crippen molar-refractivity contribution in [3.63, 3.8) is 0 Å². The number of nitrogens with zero attached hydrogens (tertiary/aromatic N) is 1. The first-order valence-electron chi connectivity index (χ1n) is 10.4. The molecule has 2 unspecified atom stereocenters. The molecule has 0 bridgehead atoms. The minimum atomic E-state index is -0.357. The van der Waals surface area contributed by atoms with Crippen molar-refractivity contribution < 1.29 is 14.3 Å². The normalized spacial score (nSPS) is 18.7. The molecule has 2 aromatic carbocycles. The first kappa shape index (κ1) is 22.2. The van der Waals surface area contributed by atoms with Gasteiger partial charge in [0.25, 0.3) is 5.91 Å². The van der Waals surface area contributed by atoms with Gasteiger partial charge in [0, 0.05) is 30.3 Å². The van der Waals surface area contributed by atoms with Gasteiger partial charge in [-0.15, -0.1) is 0 Å². The number of anilines is 1. The lowest BCUT2D eigenvalue weighted by Gasteiger charge is -2.37. The Morgan fingerprint density at radius 2 is 1.77 bits per heavy atom. The zero-order valence-electron chi connectivity index (χ0n) is 17.8. The summed E-state index contributed by atoms with van der Waals surface area (Å²) < 4.78 is 4.71. The van der Waals surface area contributed by atoms with Gasteiger partial charge in [-0.05, 0) is 60.6 Å². The minimum Gasteiger partial charge on any atom is -0.465 e. The van der Waals surface area contributed by atoms with E-state index in [1.807, 2.05) is 24.3 Å². The van der Waals surface area contributed by atoms with Crippen LogP contribution in [0.3, 0.4) is 0 Å². The van der Waals surface area contributed by atoms with Crippen LogP contribution in [0.2, 0.25) is 5.02 Å². The minimum absolute atomic E-state index is 0.121. The molecule has 1 fully saturated rings. The number of halogens is 1. The lowest BCUT2D eigenvalue weighted by atomic mass is 9.91. The Balaban J connectivity index is 1.65. The standard InChI is InChI=1S/C24H29ClN2O3/c1-16-12-17(2)15-27(14-16)22-9-8-20(25)13-21(22)23(28)26-11-10-18-4-6-19(7-5-18)24(29)30-3/h4-9,13,16-17H,10-12,14-15H2,1-3H3,(H,26,28). The third-order valence-electron chi connectivity index (χ3n) is 5.49. The van der Waals surface area contributed by atoms with Crippen LogP contribution < -0.4 is 10.2 Å². The van der Waals surface area contributed by atoms with Crippen molar-refractivity contribution in [3.8, 4) is 0 Å². The predicted molar refractivity (Wildman–Crippen MR) is 120 cm³/mol. The molecule has 160 valence electrons. The molecule has 1 aliphatic heterocycles. The lowest BCUT2D eigenvalue weighted by Crippen LogP contribution is -2.40. The molecule has 3 rings (SSSR count). The molecule has 1 aliphatic rings. The Morgan fingerprint density at radius 1 is 1.10 bits per heavy atom. The van der Waals surface area contributed by atoms with Gasteiger partial charge in [0.2, 0.25) is 0 Å². The number of amides is 1. The van der Waals surface area contributed by atoms with Gasteiger partial charge in [-0.1, -0.05) is 37.6 Å². The van der Waals surface area contributed by atoms with Crippen LogP contribution in [-0.4, -0.2) is 38.6 Å². The average molecular weight is 429 g/mol. The van der Waals surface area contributed by atoms with Crippen LogP contribution in [0.5, 0.6) is 0 Å². The maximum Gasteiger partial charge on any atom is 0.337 e. The zero-order valence-corrected chi connectivity index (χ0v) is 18.5. The molecule has 0 radical (unpaired) electrons. The maximum absolute atomic E-state index is 12.9. The van der Waals surface area contributed by atoms with Crippen molar-refractivity contribution in [1.82, 2.24) is 5.32 Å². The molecule has 0 spiro atoms. The molecule has 1 N–H and O–H groups in total.